The lowest BCUT2D eigenvalue weighted by Gasteiger charge is -2.32. The van der Waals surface area contributed by atoms with E-state index in [0.717, 1.165) is 37.7 Å². The highest BCUT2D eigenvalue weighted by molar-refractivity contribution is 5.68. The lowest BCUT2D eigenvalue weighted by Crippen LogP contribution is -2.27. The molecule has 0 heterocycles. The summed E-state index contributed by atoms with van der Waals surface area (Å²) in [5, 5.41) is 28.1. The molecule has 0 radical (unpaired) electrons. The molecule has 0 amide bonds. The van der Waals surface area contributed by atoms with Crippen LogP contribution in [-0.2, 0) is 22.4 Å². The van der Waals surface area contributed by atoms with Crippen LogP contribution in [0.5, 0.6) is 5.75 Å². The van der Waals surface area contributed by atoms with Gasteiger partial charge in [-0.2, -0.15) is 0 Å². The largest absolute Gasteiger partial charge is 0.482 e. The van der Waals surface area contributed by atoms with E-state index in [1.807, 2.05) is 18.2 Å². The third-order valence-corrected chi connectivity index (χ3v) is 5.82. The lowest BCUT2D eigenvalue weighted by molar-refractivity contribution is -0.139. The van der Waals surface area contributed by atoms with Gasteiger partial charge in [0.2, 0.25) is 0 Å². The average Bonchev–Trinajstić information content (AvgIpc) is 2.92. The van der Waals surface area contributed by atoms with Crippen LogP contribution in [0.15, 0.2) is 30.4 Å². The van der Waals surface area contributed by atoms with E-state index in [9.17, 15) is 14.7 Å². The van der Waals surface area contributed by atoms with Gasteiger partial charge in [-0.3, -0.25) is 4.79 Å². The molecule has 0 unspecified atom stereocenters. The van der Waals surface area contributed by atoms with Crippen LogP contribution in [0, 0.1) is 17.8 Å². The Balaban J connectivity index is 1.66. The zero-order valence-electron chi connectivity index (χ0n) is 15.2. The maximum absolute atomic E-state index is 10.8. The number of hydrogen-bond donors (Lipinski definition) is 3. The summed E-state index contributed by atoms with van der Waals surface area (Å²) in [5.41, 5.74) is 2.26. The van der Waals surface area contributed by atoms with Crippen molar-refractivity contribution < 1.29 is 29.6 Å². The van der Waals surface area contributed by atoms with E-state index < -0.39 is 11.9 Å². The van der Waals surface area contributed by atoms with Gasteiger partial charge in [0.05, 0.1) is 12.5 Å². The first-order valence-corrected chi connectivity index (χ1v) is 9.46. The quantitative estimate of drug-likeness (QED) is 0.605. The molecule has 4 atom stereocenters. The molecule has 1 aromatic carbocycles. The molecule has 0 aliphatic heterocycles. The lowest BCUT2D eigenvalue weighted by atomic mass is 9.73. The smallest absolute Gasteiger partial charge is 0.341 e. The number of benzene rings is 1. The molecule has 1 saturated carbocycles. The number of aliphatic carboxylic acids is 2. The van der Waals surface area contributed by atoms with Crippen molar-refractivity contribution in [3.05, 3.63) is 41.5 Å². The Morgan fingerprint density at radius 3 is 2.70 bits per heavy atom. The molecule has 3 N–H and O–H groups in total. The maximum atomic E-state index is 10.8. The molecule has 6 nitrogen and oxygen atoms in total. The van der Waals surface area contributed by atoms with E-state index in [1.54, 1.807) is 6.08 Å². The monoisotopic (exact) mass is 374 g/mol. The van der Waals surface area contributed by atoms with Crippen molar-refractivity contribution in [1.82, 2.24) is 0 Å². The maximum Gasteiger partial charge on any atom is 0.341 e. The predicted octanol–water partition coefficient (Wildman–Crippen LogP) is 2.67. The van der Waals surface area contributed by atoms with Crippen LogP contribution >= 0.6 is 0 Å². The minimum atomic E-state index is -0.992. The number of carbonyl (C=O) groups is 2. The molecule has 0 spiro atoms. The first-order chi connectivity index (χ1) is 13.0. The molecular formula is C21H26O6. The molecule has 3 rings (SSSR count). The Bertz CT molecular complexity index is 725. The molecule has 27 heavy (non-hydrogen) atoms. The van der Waals surface area contributed by atoms with Gasteiger partial charge in [0.25, 0.3) is 0 Å². The van der Waals surface area contributed by atoms with Crippen molar-refractivity contribution in [3.63, 3.8) is 0 Å². The second kappa shape index (κ2) is 8.57. The molecule has 146 valence electrons. The first kappa shape index (κ1) is 19.4. The Morgan fingerprint density at radius 1 is 1.15 bits per heavy atom. The number of fused-ring (bicyclic) bond motifs is 2. The zero-order valence-corrected chi connectivity index (χ0v) is 15.2. The Hall–Kier alpha value is -2.34. The van der Waals surface area contributed by atoms with Gasteiger partial charge in [0.1, 0.15) is 5.75 Å². The van der Waals surface area contributed by atoms with E-state index in [2.05, 4.69) is 6.07 Å². The van der Waals surface area contributed by atoms with Crippen molar-refractivity contribution in [2.45, 2.75) is 44.6 Å². The molecule has 2 aliphatic rings. The number of aliphatic hydroxyl groups excluding tert-OH is 1. The van der Waals surface area contributed by atoms with Gasteiger partial charge in [-0.05, 0) is 67.1 Å². The van der Waals surface area contributed by atoms with Gasteiger partial charge >= 0.3 is 11.9 Å². The van der Waals surface area contributed by atoms with Gasteiger partial charge < -0.3 is 20.1 Å². The second-order valence-electron chi connectivity index (χ2n) is 7.52. The van der Waals surface area contributed by atoms with Gasteiger partial charge in [0.15, 0.2) is 6.61 Å². The summed E-state index contributed by atoms with van der Waals surface area (Å²) in [6.45, 7) is -0.349. The molecule has 6 heteroatoms. The van der Waals surface area contributed by atoms with Crippen molar-refractivity contribution in [2.24, 2.45) is 17.8 Å². The number of carboxylic acids is 2. The SMILES string of the molecule is O=C(O)C/C=C/CC[C@@H]1[C@H]2Cc3cccc(OCC(=O)O)c3C[C@H]2C[C@H]1O. The van der Waals surface area contributed by atoms with Gasteiger partial charge in [-0.15, -0.1) is 0 Å². The average molecular weight is 374 g/mol. The van der Waals surface area contributed by atoms with Crippen LogP contribution in [0.1, 0.15) is 36.8 Å². The normalized spacial score (nSPS) is 26.6. The Morgan fingerprint density at radius 2 is 1.96 bits per heavy atom. The van der Waals surface area contributed by atoms with E-state index in [0.29, 0.717) is 17.6 Å². The highest BCUT2D eigenvalue weighted by Gasteiger charge is 2.44. The van der Waals surface area contributed by atoms with E-state index >= 15 is 0 Å². The third-order valence-electron chi connectivity index (χ3n) is 5.82. The molecule has 0 bridgehead atoms. The highest BCUT2D eigenvalue weighted by atomic mass is 16.5. The number of aliphatic hydroxyl groups is 1. The minimum absolute atomic E-state index is 0.0335. The van der Waals surface area contributed by atoms with Crippen LogP contribution in [0.3, 0.4) is 0 Å². The molecular weight excluding hydrogens is 348 g/mol. The molecule has 2 aliphatic carbocycles. The van der Waals surface area contributed by atoms with Crippen molar-refractivity contribution in [1.29, 1.82) is 0 Å². The highest BCUT2D eigenvalue weighted by Crippen LogP contribution is 2.48. The number of carboxylic acid groups (broad SMARTS) is 2. The second-order valence-corrected chi connectivity index (χ2v) is 7.52. The molecule has 1 aromatic rings. The minimum Gasteiger partial charge on any atom is -0.482 e. The first-order valence-electron chi connectivity index (χ1n) is 9.46. The summed E-state index contributed by atoms with van der Waals surface area (Å²) < 4.78 is 5.46. The fourth-order valence-electron chi connectivity index (χ4n) is 4.67. The molecule has 0 saturated heterocycles. The molecule has 0 aromatic heterocycles. The summed E-state index contributed by atoms with van der Waals surface area (Å²) in [5.74, 6) is -0.208. The Kier molecular flexibility index (Phi) is 6.16. The van der Waals surface area contributed by atoms with Crippen LogP contribution in [-0.4, -0.2) is 40.0 Å². The number of allylic oxidation sites excluding steroid dienone is 1. The fourth-order valence-corrected chi connectivity index (χ4v) is 4.67. The van der Waals surface area contributed by atoms with Crippen molar-refractivity contribution in [3.8, 4) is 5.75 Å². The van der Waals surface area contributed by atoms with E-state index in [1.165, 1.54) is 5.56 Å². The zero-order chi connectivity index (χ0) is 19.4. The van der Waals surface area contributed by atoms with Crippen molar-refractivity contribution in [2.75, 3.05) is 6.61 Å². The van der Waals surface area contributed by atoms with Crippen LogP contribution in [0.4, 0.5) is 0 Å². The van der Waals surface area contributed by atoms with Crippen LogP contribution in [0.25, 0.3) is 0 Å². The fraction of sp³-hybridized carbons (Fsp3) is 0.524. The number of rotatable bonds is 8. The van der Waals surface area contributed by atoms with Crippen LogP contribution < -0.4 is 4.74 Å². The van der Waals surface area contributed by atoms with Crippen LogP contribution in [0.2, 0.25) is 0 Å². The van der Waals surface area contributed by atoms with Gasteiger partial charge in [-0.1, -0.05) is 24.3 Å². The summed E-state index contributed by atoms with van der Waals surface area (Å²) in [4.78, 5) is 21.4. The van der Waals surface area contributed by atoms with E-state index in [-0.39, 0.29) is 25.0 Å². The van der Waals surface area contributed by atoms with Gasteiger partial charge in [-0.25, -0.2) is 4.79 Å². The van der Waals surface area contributed by atoms with E-state index in [4.69, 9.17) is 14.9 Å². The summed E-state index contributed by atoms with van der Waals surface area (Å²) in [6.07, 6.45) is 7.29. The number of hydrogen-bond acceptors (Lipinski definition) is 4. The topological polar surface area (TPSA) is 104 Å². The van der Waals surface area contributed by atoms with Crippen molar-refractivity contribution >= 4 is 11.9 Å². The third kappa shape index (κ3) is 4.69. The Labute approximate surface area is 158 Å². The summed E-state index contributed by atoms with van der Waals surface area (Å²) in [6, 6.07) is 5.78. The standard InChI is InChI=1S/C21H26O6/c22-18-11-14-10-17-13(5-4-7-19(17)27-12-21(25)26)9-16(14)15(18)6-2-1-3-8-20(23)24/h1,3-5,7,14-16,18,22H,2,6,8-12H2,(H,23,24)(H,25,26)/b3-1+/t14-,15+,16-,18+/m0/s1. The summed E-state index contributed by atoms with van der Waals surface area (Å²) in [7, 11) is 0. The number of ether oxygens (including phenoxy) is 1. The predicted molar refractivity (Wildman–Crippen MR) is 98.7 cm³/mol. The molecule has 1 fully saturated rings. The van der Waals surface area contributed by atoms with Gasteiger partial charge in [0, 0.05) is 0 Å². The summed E-state index contributed by atoms with van der Waals surface area (Å²) >= 11 is 0.